The molecule has 0 spiro atoms. The average molecular weight is 211 g/mol. The minimum absolute atomic E-state index is 0.225. The second kappa shape index (κ2) is 6.14. The molecule has 0 aromatic heterocycles. The lowest BCUT2D eigenvalue weighted by Crippen LogP contribution is -2.20. The molecule has 0 atom stereocenters. The number of nitrogens with one attached hydrogen (secondary N) is 1. The van der Waals surface area contributed by atoms with Crippen molar-refractivity contribution in [2.45, 2.75) is 13.5 Å². The highest BCUT2D eigenvalue weighted by atomic mass is 19.1. The van der Waals surface area contributed by atoms with Crippen LogP contribution < -0.4 is 5.32 Å². The van der Waals surface area contributed by atoms with Crippen molar-refractivity contribution in [1.82, 2.24) is 5.32 Å². The molecule has 1 rings (SSSR count). The first kappa shape index (κ1) is 11.7. The largest absolute Gasteiger partial charge is 0.465 e. The van der Waals surface area contributed by atoms with Crippen LogP contribution in [0.25, 0.3) is 0 Å². The maximum atomic E-state index is 13.1. The van der Waals surface area contributed by atoms with Crippen LogP contribution >= 0.6 is 0 Å². The summed E-state index contributed by atoms with van der Waals surface area (Å²) < 4.78 is 17.8. The van der Waals surface area contributed by atoms with Gasteiger partial charge < -0.3 is 10.1 Å². The zero-order chi connectivity index (χ0) is 11.1. The summed E-state index contributed by atoms with van der Waals surface area (Å²) in [6.07, 6.45) is 0. The van der Waals surface area contributed by atoms with Crippen molar-refractivity contribution in [3.05, 3.63) is 35.6 Å². The van der Waals surface area contributed by atoms with Crippen LogP contribution in [0.5, 0.6) is 0 Å². The van der Waals surface area contributed by atoms with E-state index in [0.29, 0.717) is 25.3 Å². The molecule has 1 aromatic rings. The zero-order valence-electron chi connectivity index (χ0n) is 8.63. The van der Waals surface area contributed by atoms with E-state index in [1.54, 1.807) is 18.2 Å². The number of hydrogen-bond acceptors (Lipinski definition) is 3. The lowest BCUT2D eigenvalue weighted by atomic mass is 10.2. The number of benzene rings is 1. The lowest BCUT2D eigenvalue weighted by molar-refractivity contribution is -0.140. The molecule has 1 N–H and O–H groups in total. The van der Waals surface area contributed by atoms with Gasteiger partial charge in [-0.15, -0.1) is 0 Å². The molecule has 15 heavy (non-hydrogen) atoms. The van der Waals surface area contributed by atoms with Gasteiger partial charge in [0.05, 0.1) is 0 Å². The third kappa shape index (κ3) is 4.56. The topological polar surface area (TPSA) is 38.3 Å². The number of halogens is 1. The second-order valence-corrected chi connectivity index (χ2v) is 3.11. The summed E-state index contributed by atoms with van der Waals surface area (Å²) in [5.41, 5.74) is 0.611. The van der Waals surface area contributed by atoms with Crippen molar-refractivity contribution in [1.29, 1.82) is 0 Å². The Labute approximate surface area is 88.2 Å². The number of hydrogen-bond donors (Lipinski definition) is 1. The first-order chi connectivity index (χ1) is 7.20. The Balaban J connectivity index is 2.21. The van der Waals surface area contributed by atoms with Crippen LogP contribution in [-0.4, -0.2) is 19.1 Å². The Bertz CT molecular complexity index is 328. The molecule has 0 unspecified atom stereocenters. The van der Waals surface area contributed by atoms with E-state index in [-0.39, 0.29) is 11.8 Å². The zero-order valence-corrected chi connectivity index (χ0v) is 8.63. The van der Waals surface area contributed by atoms with E-state index in [4.69, 9.17) is 4.74 Å². The van der Waals surface area contributed by atoms with Crippen molar-refractivity contribution >= 4 is 5.97 Å². The number of ether oxygens (including phenoxy) is 1. The van der Waals surface area contributed by atoms with E-state index in [1.165, 1.54) is 13.0 Å². The Hall–Kier alpha value is -1.42. The van der Waals surface area contributed by atoms with E-state index >= 15 is 0 Å². The first-order valence-corrected chi connectivity index (χ1v) is 4.77. The highest BCUT2D eigenvalue weighted by molar-refractivity contribution is 5.65. The van der Waals surface area contributed by atoms with Gasteiger partial charge in [-0.05, 0) is 6.07 Å². The molecule has 82 valence electrons. The van der Waals surface area contributed by atoms with Crippen LogP contribution in [0.15, 0.2) is 24.3 Å². The molecule has 0 amide bonds. The van der Waals surface area contributed by atoms with Gasteiger partial charge in [-0.25, -0.2) is 4.39 Å². The standard InChI is InChI=1S/C11H14FNO2/c1-9(14)15-7-6-13-8-10-4-2-3-5-11(10)12/h2-5,13H,6-8H2,1H3. The van der Waals surface area contributed by atoms with Gasteiger partial charge in [-0.3, -0.25) is 4.79 Å². The minimum Gasteiger partial charge on any atom is -0.465 e. The fraction of sp³-hybridized carbons (Fsp3) is 0.364. The SMILES string of the molecule is CC(=O)OCCNCc1ccccc1F. The molecule has 3 nitrogen and oxygen atoms in total. The quantitative estimate of drug-likeness (QED) is 0.592. The molecule has 0 radical (unpaired) electrons. The first-order valence-electron chi connectivity index (χ1n) is 4.77. The molecule has 0 aliphatic heterocycles. The lowest BCUT2D eigenvalue weighted by Gasteiger charge is -2.05. The van der Waals surface area contributed by atoms with E-state index in [0.717, 1.165) is 0 Å². The molecular weight excluding hydrogens is 197 g/mol. The Morgan fingerprint density at radius 1 is 1.47 bits per heavy atom. The summed E-state index contributed by atoms with van der Waals surface area (Å²) in [4.78, 5) is 10.4. The predicted octanol–water partition coefficient (Wildman–Crippen LogP) is 1.48. The van der Waals surface area contributed by atoms with Gasteiger partial charge in [0.25, 0.3) is 0 Å². The smallest absolute Gasteiger partial charge is 0.302 e. The summed E-state index contributed by atoms with van der Waals surface area (Å²) in [6.45, 7) is 2.63. The molecule has 0 heterocycles. The fourth-order valence-electron chi connectivity index (χ4n) is 1.13. The maximum Gasteiger partial charge on any atom is 0.302 e. The third-order valence-electron chi connectivity index (χ3n) is 1.86. The summed E-state index contributed by atoms with van der Waals surface area (Å²) in [5.74, 6) is -0.528. The molecule has 0 aliphatic rings. The fourth-order valence-corrected chi connectivity index (χ4v) is 1.13. The number of carbonyl (C=O) groups excluding carboxylic acids is 1. The third-order valence-corrected chi connectivity index (χ3v) is 1.86. The second-order valence-electron chi connectivity index (χ2n) is 3.11. The van der Waals surface area contributed by atoms with Crippen molar-refractivity contribution in [3.63, 3.8) is 0 Å². The molecule has 0 bridgehead atoms. The summed E-state index contributed by atoms with van der Waals surface area (Å²) in [6, 6.07) is 6.57. The van der Waals surface area contributed by atoms with E-state index < -0.39 is 0 Å². The molecule has 0 aliphatic carbocycles. The van der Waals surface area contributed by atoms with Gasteiger partial charge in [-0.1, -0.05) is 18.2 Å². The highest BCUT2D eigenvalue weighted by Gasteiger charge is 1.99. The van der Waals surface area contributed by atoms with Gasteiger partial charge in [-0.2, -0.15) is 0 Å². The molecule has 0 saturated heterocycles. The molecule has 0 fully saturated rings. The number of carbonyl (C=O) groups is 1. The summed E-state index contributed by atoms with van der Waals surface area (Å²) in [5, 5.41) is 2.98. The number of rotatable bonds is 5. The molecule has 4 heteroatoms. The normalized spacial score (nSPS) is 10.0. The number of esters is 1. The molecule has 1 aromatic carbocycles. The van der Waals surface area contributed by atoms with Crippen LogP contribution in [0.2, 0.25) is 0 Å². The molecular formula is C11H14FNO2. The summed E-state index contributed by atoms with van der Waals surface area (Å²) >= 11 is 0. The van der Waals surface area contributed by atoms with Crippen molar-refractivity contribution < 1.29 is 13.9 Å². The predicted molar refractivity (Wildman–Crippen MR) is 54.7 cm³/mol. The minimum atomic E-state index is -0.303. The van der Waals surface area contributed by atoms with E-state index in [9.17, 15) is 9.18 Å². The average Bonchev–Trinajstić information content (AvgIpc) is 2.20. The van der Waals surface area contributed by atoms with Gasteiger partial charge >= 0.3 is 5.97 Å². The van der Waals surface area contributed by atoms with Crippen LogP contribution in [0.1, 0.15) is 12.5 Å². The van der Waals surface area contributed by atoms with Gasteiger partial charge in [0, 0.05) is 25.6 Å². The van der Waals surface area contributed by atoms with Crippen LogP contribution in [0, 0.1) is 5.82 Å². The van der Waals surface area contributed by atoms with Gasteiger partial charge in [0.2, 0.25) is 0 Å². The Morgan fingerprint density at radius 3 is 2.87 bits per heavy atom. The van der Waals surface area contributed by atoms with Crippen LogP contribution in [0.4, 0.5) is 4.39 Å². The van der Waals surface area contributed by atoms with Crippen molar-refractivity contribution in [2.24, 2.45) is 0 Å². The Kier molecular flexibility index (Phi) is 4.77. The van der Waals surface area contributed by atoms with E-state index in [2.05, 4.69) is 5.32 Å². The summed E-state index contributed by atoms with van der Waals surface area (Å²) in [7, 11) is 0. The van der Waals surface area contributed by atoms with Crippen molar-refractivity contribution in [2.75, 3.05) is 13.2 Å². The van der Waals surface area contributed by atoms with E-state index in [1.807, 2.05) is 0 Å². The van der Waals surface area contributed by atoms with Gasteiger partial charge in [0.15, 0.2) is 0 Å². The maximum absolute atomic E-state index is 13.1. The van der Waals surface area contributed by atoms with Crippen LogP contribution in [-0.2, 0) is 16.1 Å². The highest BCUT2D eigenvalue weighted by Crippen LogP contribution is 2.04. The Morgan fingerprint density at radius 2 is 2.20 bits per heavy atom. The molecule has 0 saturated carbocycles. The van der Waals surface area contributed by atoms with Crippen molar-refractivity contribution in [3.8, 4) is 0 Å². The monoisotopic (exact) mass is 211 g/mol. The van der Waals surface area contributed by atoms with Crippen LogP contribution in [0.3, 0.4) is 0 Å². The van der Waals surface area contributed by atoms with Gasteiger partial charge in [0.1, 0.15) is 12.4 Å².